The van der Waals surface area contributed by atoms with Crippen LogP contribution in [0.1, 0.15) is 18.4 Å². The summed E-state index contributed by atoms with van der Waals surface area (Å²) >= 11 is 0. The minimum absolute atomic E-state index is 0.120. The van der Waals surface area contributed by atoms with Crippen molar-refractivity contribution in [1.82, 2.24) is 9.97 Å². The fraction of sp³-hybridized carbons (Fsp3) is 0.231. The number of aromatic amines is 1. The van der Waals surface area contributed by atoms with Crippen LogP contribution in [0.25, 0.3) is 17.1 Å². The number of hydrogen-bond donors (Lipinski definition) is 2. The minimum Gasteiger partial charge on any atom is -0.396 e. The predicted octanol–water partition coefficient (Wildman–Crippen LogP) is 1.71. The maximum atomic E-state index is 11.7. The largest absolute Gasteiger partial charge is 0.396 e. The topological polar surface area (TPSA) is 66.0 Å². The third-order valence-corrected chi connectivity index (χ3v) is 2.47. The van der Waals surface area contributed by atoms with Gasteiger partial charge in [0.05, 0.1) is 11.0 Å². The Morgan fingerprint density at radius 2 is 2.35 bits per heavy atom. The molecule has 0 atom stereocenters. The van der Waals surface area contributed by atoms with Crippen LogP contribution in [-0.2, 0) is 0 Å². The molecule has 4 heteroatoms. The molecule has 2 aromatic rings. The number of pyridine rings is 2. The van der Waals surface area contributed by atoms with Gasteiger partial charge in [-0.05, 0) is 31.0 Å². The van der Waals surface area contributed by atoms with Crippen molar-refractivity contribution in [1.29, 1.82) is 0 Å². The monoisotopic (exact) mass is 230 g/mol. The average Bonchev–Trinajstić information content (AvgIpc) is 2.35. The standard InChI is InChI=1S/C13H14N2O2/c16-8-3-1-2-5-10-9-12-11(15-13(10)17)6-4-7-14-12/h2,4-7,9,16H,1,3,8H2,(H,15,17)/b5-2+. The van der Waals surface area contributed by atoms with Crippen molar-refractivity contribution >= 4 is 17.1 Å². The summed E-state index contributed by atoms with van der Waals surface area (Å²) in [4.78, 5) is 18.7. The van der Waals surface area contributed by atoms with Gasteiger partial charge in [0.25, 0.3) is 5.56 Å². The first-order chi connectivity index (χ1) is 8.31. The first-order valence-corrected chi connectivity index (χ1v) is 5.57. The summed E-state index contributed by atoms with van der Waals surface area (Å²) in [5.74, 6) is 0. The van der Waals surface area contributed by atoms with E-state index in [1.807, 2.05) is 12.1 Å². The molecule has 0 unspecified atom stereocenters. The molecule has 4 nitrogen and oxygen atoms in total. The molecule has 0 saturated heterocycles. The van der Waals surface area contributed by atoms with Crippen molar-refractivity contribution in [3.63, 3.8) is 0 Å². The van der Waals surface area contributed by atoms with E-state index in [1.165, 1.54) is 0 Å². The third-order valence-electron chi connectivity index (χ3n) is 2.47. The van der Waals surface area contributed by atoms with Gasteiger partial charge in [-0.25, -0.2) is 0 Å². The number of aliphatic hydroxyl groups is 1. The molecule has 88 valence electrons. The van der Waals surface area contributed by atoms with Crippen LogP contribution in [0.3, 0.4) is 0 Å². The van der Waals surface area contributed by atoms with Crippen LogP contribution >= 0.6 is 0 Å². The number of hydrogen-bond acceptors (Lipinski definition) is 3. The number of nitrogens with one attached hydrogen (secondary N) is 1. The molecule has 0 amide bonds. The van der Waals surface area contributed by atoms with Gasteiger partial charge in [-0.2, -0.15) is 0 Å². The van der Waals surface area contributed by atoms with Crippen molar-refractivity contribution in [2.24, 2.45) is 0 Å². The fourth-order valence-electron chi connectivity index (χ4n) is 1.59. The Balaban J connectivity index is 2.31. The molecular weight excluding hydrogens is 216 g/mol. The first-order valence-electron chi connectivity index (χ1n) is 5.57. The van der Waals surface area contributed by atoms with Crippen molar-refractivity contribution in [3.8, 4) is 0 Å². The summed E-state index contributed by atoms with van der Waals surface area (Å²) in [7, 11) is 0. The van der Waals surface area contributed by atoms with Crippen molar-refractivity contribution < 1.29 is 5.11 Å². The van der Waals surface area contributed by atoms with E-state index in [9.17, 15) is 4.79 Å². The maximum absolute atomic E-state index is 11.7. The van der Waals surface area contributed by atoms with Gasteiger partial charge in [0.15, 0.2) is 0 Å². The molecule has 2 heterocycles. The average molecular weight is 230 g/mol. The van der Waals surface area contributed by atoms with Gasteiger partial charge < -0.3 is 10.1 Å². The maximum Gasteiger partial charge on any atom is 0.255 e. The molecule has 0 spiro atoms. The highest BCUT2D eigenvalue weighted by Crippen LogP contribution is 2.08. The number of nitrogens with zero attached hydrogens (tertiary/aromatic N) is 1. The summed E-state index contributed by atoms with van der Waals surface area (Å²) in [6, 6.07) is 5.38. The molecule has 0 aliphatic rings. The summed E-state index contributed by atoms with van der Waals surface area (Å²) in [5, 5.41) is 8.65. The van der Waals surface area contributed by atoms with Crippen LogP contribution in [0, 0.1) is 0 Å². The number of unbranched alkanes of at least 4 members (excludes halogenated alkanes) is 1. The molecule has 0 bridgehead atoms. The van der Waals surface area contributed by atoms with Gasteiger partial charge in [-0.1, -0.05) is 12.2 Å². The second-order valence-electron chi connectivity index (χ2n) is 3.76. The first kappa shape index (κ1) is 11.5. The van der Waals surface area contributed by atoms with Crippen LogP contribution in [-0.4, -0.2) is 21.7 Å². The Bertz CT molecular complexity index is 587. The van der Waals surface area contributed by atoms with E-state index in [2.05, 4.69) is 9.97 Å². The van der Waals surface area contributed by atoms with E-state index in [4.69, 9.17) is 5.11 Å². The number of aliphatic hydroxyl groups excluding tert-OH is 1. The molecule has 2 N–H and O–H groups in total. The number of aromatic nitrogens is 2. The van der Waals surface area contributed by atoms with Crippen molar-refractivity contribution in [3.05, 3.63) is 46.4 Å². The number of fused-ring (bicyclic) bond motifs is 1. The molecule has 2 aromatic heterocycles. The molecule has 0 fully saturated rings. The second kappa shape index (κ2) is 5.41. The van der Waals surface area contributed by atoms with Gasteiger partial charge in [-0.3, -0.25) is 9.78 Å². The van der Waals surface area contributed by atoms with E-state index in [1.54, 1.807) is 24.4 Å². The van der Waals surface area contributed by atoms with Gasteiger partial charge in [-0.15, -0.1) is 0 Å². The van der Waals surface area contributed by atoms with Crippen LogP contribution in [0.4, 0.5) is 0 Å². The van der Waals surface area contributed by atoms with Gasteiger partial charge in [0, 0.05) is 18.4 Å². The van der Waals surface area contributed by atoms with Gasteiger partial charge >= 0.3 is 0 Å². The smallest absolute Gasteiger partial charge is 0.255 e. The summed E-state index contributed by atoms with van der Waals surface area (Å²) < 4.78 is 0. The lowest BCUT2D eigenvalue weighted by atomic mass is 10.2. The van der Waals surface area contributed by atoms with E-state index in [-0.39, 0.29) is 12.2 Å². The van der Waals surface area contributed by atoms with E-state index >= 15 is 0 Å². The zero-order valence-corrected chi connectivity index (χ0v) is 9.39. The van der Waals surface area contributed by atoms with Crippen molar-refractivity contribution in [2.75, 3.05) is 6.61 Å². The highest BCUT2D eigenvalue weighted by Gasteiger charge is 1.99. The molecule has 0 saturated carbocycles. The summed E-state index contributed by atoms with van der Waals surface area (Å²) in [6.07, 6.45) is 6.81. The lowest BCUT2D eigenvalue weighted by Gasteiger charge is -1.98. The Morgan fingerprint density at radius 3 is 3.18 bits per heavy atom. The third kappa shape index (κ3) is 2.79. The molecule has 0 radical (unpaired) electrons. The Labute approximate surface area is 98.6 Å². The fourth-order valence-corrected chi connectivity index (χ4v) is 1.59. The summed E-state index contributed by atoms with van der Waals surface area (Å²) in [5.41, 5.74) is 1.99. The molecule has 0 aliphatic heterocycles. The predicted molar refractivity (Wildman–Crippen MR) is 67.7 cm³/mol. The second-order valence-corrected chi connectivity index (χ2v) is 3.76. The van der Waals surface area contributed by atoms with E-state index < -0.39 is 0 Å². The molecular formula is C13H14N2O2. The molecule has 0 aromatic carbocycles. The normalized spacial score (nSPS) is 11.4. The molecule has 2 rings (SSSR count). The Morgan fingerprint density at radius 1 is 1.47 bits per heavy atom. The lowest BCUT2D eigenvalue weighted by Crippen LogP contribution is -2.09. The van der Waals surface area contributed by atoms with Gasteiger partial charge in [0.1, 0.15) is 0 Å². The quantitative estimate of drug-likeness (QED) is 0.786. The molecule has 17 heavy (non-hydrogen) atoms. The van der Waals surface area contributed by atoms with Crippen LogP contribution in [0.2, 0.25) is 0 Å². The lowest BCUT2D eigenvalue weighted by molar-refractivity contribution is 0.290. The highest BCUT2D eigenvalue weighted by molar-refractivity contribution is 5.76. The van der Waals surface area contributed by atoms with Crippen LogP contribution in [0.5, 0.6) is 0 Å². The van der Waals surface area contributed by atoms with Crippen molar-refractivity contribution in [2.45, 2.75) is 12.8 Å². The van der Waals surface area contributed by atoms with E-state index in [0.29, 0.717) is 12.0 Å². The number of rotatable bonds is 4. The molecule has 0 aliphatic carbocycles. The van der Waals surface area contributed by atoms with Gasteiger partial charge in [0.2, 0.25) is 0 Å². The van der Waals surface area contributed by atoms with Crippen LogP contribution < -0.4 is 5.56 Å². The van der Waals surface area contributed by atoms with Crippen LogP contribution in [0.15, 0.2) is 35.3 Å². The zero-order chi connectivity index (χ0) is 12.1. The number of H-pyrrole nitrogens is 1. The SMILES string of the molecule is O=c1[nH]c2cccnc2cc1/C=C/CCCO. The Hall–Kier alpha value is -1.94. The minimum atomic E-state index is -0.120. The summed E-state index contributed by atoms with van der Waals surface area (Å²) in [6.45, 7) is 0.167. The van der Waals surface area contributed by atoms with E-state index in [0.717, 1.165) is 17.5 Å². The highest BCUT2D eigenvalue weighted by atomic mass is 16.2. The zero-order valence-electron chi connectivity index (χ0n) is 9.39. The number of allylic oxidation sites excluding steroid dienone is 1. The Kier molecular flexibility index (Phi) is 3.67.